The van der Waals surface area contributed by atoms with Gasteiger partial charge in [0.1, 0.15) is 17.3 Å². The number of halogens is 3. The number of fused-ring (bicyclic) bond motifs is 1. The molecular formula is C17H16F3N5O4. The molecule has 29 heavy (non-hydrogen) atoms. The fourth-order valence-electron chi connectivity index (χ4n) is 2.43. The normalized spacial score (nSPS) is 13.0. The van der Waals surface area contributed by atoms with Crippen LogP contribution < -0.4 is 4.74 Å². The van der Waals surface area contributed by atoms with E-state index in [1.807, 2.05) is 0 Å². The Hall–Kier alpha value is -3.28. The van der Waals surface area contributed by atoms with Gasteiger partial charge in [-0.3, -0.25) is 0 Å². The first-order chi connectivity index (χ1) is 13.7. The standard InChI is InChI=1S/C17H16F3N5O4/c1-9(2)28-7-12(16(26)27)29-15-10-6-24-25(13(10)22-8-23-15)14-11(17(18,19)20)4-3-5-21-14/h3-6,8-9,12H,7H2,1-2H3,(H,26,27)/t12-/m0/s1. The van der Waals surface area contributed by atoms with Crippen LogP contribution in [0.25, 0.3) is 16.9 Å². The number of alkyl halides is 3. The van der Waals surface area contributed by atoms with Gasteiger partial charge in [0.05, 0.1) is 18.9 Å². The molecule has 0 fully saturated rings. The number of carbonyl (C=O) groups is 1. The average Bonchev–Trinajstić information content (AvgIpc) is 3.08. The Balaban J connectivity index is 2.01. The summed E-state index contributed by atoms with van der Waals surface area (Å²) in [5, 5.41) is 13.4. The lowest BCUT2D eigenvalue weighted by Gasteiger charge is -2.16. The molecule has 3 aromatic rings. The van der Waals surface area contributed by atoms with Gasteiger partial charge in [0.25, 0.3) is 0 Å². The van der Waals surface area contributed by atoms with Crippen LogP contribution >= 0.6 is 0 Å². The number of pyridine rings is 1. The summed E-state index contributed by atoms with van der Waals surface area (Å²) in [6.45, 7) is 3.22. The van der Waals surface area contributed by atoms with E-state index >= 15 is 0 Å². The van der Waals surface area contributed by atoms with Crippen molar-refractivity contribution in [1.82, 2.24) is 24.7 Å². The second kappa shape index (κ2) is 7.99. The van der Waals surface area contributed by atoms with E-state index < -0.39 is 29.6 Å². The zero-order valence-corrected chi connectivity index (χ0v) is 15.3. The molecule has 154 valence electrons. The smallest absolute Gasteiger partial charge is 0.420 e. The fourth-order valence-corrected chi connectivity index (χ4v) is 2.43. The topological polar surface area (TPSA) is 112 Å². The third-order valence-electron chi connectivity index (χ3n) is 3.73. The Morgan fingerprint density at radius 1 is 1.28 bits per heavy atom. The zero-order chi connectivity index (χ0) is 21.2. The highest BCUT2D eigenvalue weighted by Crippen LogP contribution is 2.34. The Morgan fingerprint density at radius 3 is 2.69 bits per heavy atom. The highest BCUT2D eigenvalue weighted by atomic mass is 19.4. The molecule has 1 N–H and O–H groups in total. The van der Waals surface area contributed by atoms with Crippen LogP contribution in [-0.4, -0.2) is 54.6 Å². The van der Waals surface area contributed by atoms with Crippen molar-refractivity contribution in [3.8, 4) is 11.7 Å². The van der Waals surface area contributed by atoms with Crippen LogP contribution in [0.4, 0.5) is 13.2 Å². The summed E-state index contributed by atoms with van der Waals surface area (Å²) in [6.07, 6.45) is -2.84. The maximum Gasteiger partial charge on any atom is 0.420 e. The minimum atomic E-state index is -4.66. The van der Waals surface area contributed by atoms with Crippen molar-refractivity contribution in [2.45, 2.75) is 32.2 Å². The molecule has 0 aromatic carbocycles. The van der Waals surface area contributed by atoms with E-state index in [1.54, 1.807) is 13.8 Å². The Bertz CT molecular complexity index is 1020. The summed E-state index contributed by atoms with van der Waals surface area (Å²) in [5.74, 6) is -1.91. The van der Waals surface area contributed by atoms with Crippen molar-refractivity contribution >= 4 is 17.0 Å². The van der Waals surface area contributed by atoms with Gasteiger partial charge < -0.3 is 14.6 Å². The number of hydrogen-bond donors (Lipinski definition) is 1. The van der Waals surface area contributed by atoms with Crippen LogP contribution in [0.1, 0.15) is 19.4 Å². The Kier molecular flexibility index (Phi) is 5.64. The number of carboxylic acid groups (broad SMARTS) is 1. The number of aliphatic carboxylic acids is 1. The van der Waals surface area contributed by atoms with E-state index in [-0.39, 0.29) is 29.6 Å². The van der Waals surface area contributed by atoms with E-state index in [4.69, 9.17) is 9.47 Å². The fraction of sp³-hybridized carbons (Fsp3) is 0.353. The molecule has 0 spiro atoms. The molecule has 0 unspecified atom stereocenters. The molecule has 0 aliphatic rings. The van der Waals surface area contributed by atoms with E-state index in [2.05, 4.69) is 20.1 Å². The summed E-state index contributed by atoms with van der Waals surface area (Å²) in [4.78, 5) is 23.0. The van der Waals surface area contributed by atoms with Crippen LogP contribution in [0, 0.1) is 0 Å². The van der Waals surface area contributed by atoms with E-state index in [9.17, 15) is 23.1 Å². The Labute approximate surface area is 162 Å². The van der Waals surface area contributed by atoms with E-state index in [0.717, 1.165) is 23.1 Å². The van der Waals surface area contributed by atoms with Gasteiger partial charge in [0.2, 0.25) is 12.0 Å². The molecule has 0 amide bonds. The van der Waals surface area contributed by atoms with Gasteiger partial charge in [0.15, 0.2) is 11.5 Å². The number of ether oxygens (including phenoxy) is 2. The molecule has 3 rings (SSSR count). The van der Waals surface area contributed by atoms with Crippen LogP contribution in [0.3, 0.4) is 0 Å². The molecule has 9 nitrogen and oxygen atoms in total. The molecule has 0 saturated heterocycles. The van der Waals surface area contributed by atoms with Crippen molar-refractivity contribution in [2.24, 2.45) is 0 Å². The summed E-state index contributed by atoms with van der Waals surface area (Å²) in [7, 11) is 0. The molecule has 3 aromatic heterocycles. The van der Waals surface area contributed by atoms with Crippen molar-refractivity contribution in [1.29, 1.82) is 0 Å². The largest absolute Gasteiger partial charge is 0.478 e. The average molecular weight is 411 g/mol. The molecule has 3 heterocycles. The first-order valence-corrected chi connectivity index (χ1v) is 8.41. The zero-order valence-electron chi connectivity index (χ0n) is 15.3. The van der Waals surface area contributed by atoms with Gasteiger partial charge in [-0.1, -0.05) is 0 Å². The lowest BCUT2D eigenvalue weighted by molar-refractivity contribution is -0.148. The highest BCUT2D eigenvalue weighted by molar-refractivity contribution is 5.82. The van der Waals surface area contributed by atoms with Crippen molar-refractivity contribution in [3.05, 3.63) is 36.4 Å². The lowest BCUT2D eigenvalue weighted by Crippen LogP contribution is -2.33. The van der Waals surface area contributed by atoms with Gasteiger partial charge in [-0.05, 0) is 26.0 Å². The number of aromatic nitrogens is 5. The third-order valence-corrected chi connectivity index (χ3v) is 3.73. The molecule has 12 heteroatoms. The molecular weight excluding hydrogens is 395 g/mol. The van der Waals surface area contributed by atoms with E-state index in [1.165, 1.54) is 12.4 Å². The minimum absolute atomic E-state index is 0.0203. The van der Waals surface area contributed by atoms with Crippen LogP contribution in [0.15, 0.2) is 30.9 Å². The molecule has 1 atom stereocenters. The number of hydrogen-bond acceptors (Lipinski definition) is 7. The summed E-state index contributed by atoms with van der Waals surface area (Å²) in [6, 6.07) is 2.03. The highest BCUT2D eigenvalue weighted by Gasteiger charge is 2.35. The second-order valence-corrected chi connectivity index (χ2v) is 6.17. The Morgan fingerprint density at radius 2 is 2.03 bits per heavy atom. The monoisotopic (exact) mass is 411 g/mol. The quantitative estimate of drug-likeness (QED) is 0.631. The molecule has 0 aliphatic heterocycles. The third kappa shape index (κ3) is 4.42. The van der Waals surface area contributed by atoms with Crippen LogP contribution in [0.2, 0.25) is 0 Å². The summed E-state index contributed by atoms with van der Waals surface area (Å²) < 4.78 is 51.5. The first kappa shape index (κ1) is 20.5. The van der Waals surface area contributed by atoms with Crippen LogP contribution in [-0.2, 0) is 15.7 Å². The van der Waals surface area contributed by atoms with Crippen LogP contribution in [0.5, 0.6) is 5.88 Å². The van der Waals surface area contributed by atoms with Gasteiger partial charge in [-0.25, -0.2) is 19.7 Å². The SMILES string of the molecule is CC(C)OC[C@H](Oc1ncnc2c1cnn2-c1ncccc1C(F)(F)F)C(=O)O. The van der Waals surface area contributed by atoms with Gasteiger partial charge >= 0.3 is 12.1 Å². The summed E-state index contributed by atoms with van der Waals surface area (Å²) in [5.41, 5.74) is -1.02. The van der Waals surface area contributed by atoms with Gasteiger partial charge in [0, 0.05) is 6.20 Å². The maximum absolute atomic E-state index is 13.3. The number of rotatable bonds is 7. The lowest BCUT2D eigenvalue weighted by atomic mass is 10.2. The molecule has 0 bridgehead atoms. The number of nitrogens with zero attached hydrogens (tertiary/aromatic N) is 5. The first-order valence-electron chi connectivity index (χ1n) is 8.41. The maximum atomic E-state index is 13.3. The molecule has 0 radical (unpaired) electrons. The predicted octanol–water partition coefficient (Wildman–Crippen LogP) is 2.49. The van der Waals surface area contributed by atoms with Crippen molar-refractivity contribution < 1.29 is 32.5 Å². The second-order valence-electron chi connectivity index (χ2n) is 6.17. The predicted molar refractivity (Wildman–Crippen MR) is 92.6 cm³/mol. The van der Waals surface area contributed by atoms with Gasteiger partial charge in [-0.2, -0.15) is 23.0 Å². The summed E-state index contributed by atoms with van der Waals surface area (Å²) >= 11 is 0. The van der Waals surface area contributed by atoms with Crippen molar-refractivity contribution in [2.75, 3.05) is 6.61 Å². The molecule has 0 saturated carbocycles. The van der Waals surface area contributed by atoms with Crippen molar-refractivity contribution in [3.63, 3.8) is 0 Å². The van der Waals surface area contributed by atoms with E-state index in [0.29, 0.717) is 0 Å². The van der Waals surface area contributed by atoms with Gasteiger partial charge in [-0.15, -0.1) is 0 Å². The number of carboxylic acids is 1. The molecule has 0 aliphatic carbocycles. The minimum Gasteiger partial charge on any atom is -0.478 e.